The Morgan fingerprint density at radius 1 is 1.33 bits per heavy atom. The first kappa shape index (κ1) is 11.7. The van der Waals surface area contributed by atoms with Crippen LogP contribution in [-0.4, -0.2) is 46.4 Å². The summed E-state index contributed by atoms with van der Waals surface area (Å²) in [7, 11) is 2.97. The lowest BCUT2D eigenvalue weighted by Crippen LogP contribution is -2.35. The van der Waals surface area contributed by atoms with Crippen LogP contribution in [0.4, 0.5) is 8.78 Å². The van der Waals surface area contributed by atoms with Crippen molar-refractivity contribution in [3.05, 3.63) is 0 Å². The van der Waals surface area contributed by atoms with Crippen LogP contribution >= 0.6 is 0 Å². The highest BCUT2D eigenvalue weighted by molar-refractivity contribution is 4.66. The Morgan fingerprint density at radius 2 is 2.00 bits per heavy atom. The summed E-state index contributed by atoms with van der Waals surface area (Å²) >= 11 is 0. The monoisotopic (exact) mass is 183 g/mol. The number of rotatable bonds is 7. The van der Waals surface area contributed by atoms with Crippen molar-refractivity contribution in [1.29, 1.82) is 0 Å². The molecule has 0 rings (SSSR count). The van der Waals surface area contributed by atoms with Crippen LogP contribution in [0.2, 0.25) is 0 Å². The van der Waals surface area contributed by atoms with Crippen molar-refractivity contribution in [3.63, 3.8) is 0 Å². The third kappa shape index (κ3) is 6.45. The van der Waals surface area contributed by atoms with E-state index in [9.17, 15) is 8.78 Å². The van der Waals surface area contributed by atoms with Crippen LogP contribution < -0.4 is 5.32 Å². The first-order chi connectivity index (χ1) is 5.62. The van der Waals surface area contributed by atoms with Crippen LogP contribution in [-0.2, 0) is 9.47 Å². The van der Waals surface area contributed by atoms with Gasteiger partial charge in [-0.25, -0.2) is 8.78 Å². The molecule has 0 saturated heterocycles. The van der Waals surface area contributed by atoms with Gasteiger partial charge in [0.05, 0.1) is 19.8 Å². The van der Waals surface area contributed by atoms with Gasteiger partial charge < -0.3 is 14.8 Å². The van der Waals surface area contributed by atoms with Crippen LogP contribution in [0.25, 0.3) is 0 Å². The number of methoxy groups -OCH3 is 1. The van der Waals surface area contributed by atoms with Gasteiger partial charge in [0, 0.05) is 7.11 Å². The number of alkyl halides is 2. The Bertz CT molecular complexity index is 112. The maximum absolute atomic E-state index is 12.6. The van der Waals surface area contributed by atoms with Gasteiger partial charge in [-0.3, -0.25) is 0 Å². The minimum absolute atomic E-state index is 0.204. The highest BCUT2D eigenvalue weighted by atomic mass is 19.3. The van der Waals surface area contributed by atoms with Gasteiger partial charge in [-0.15, -0.1) is 0 Å². The van der Waals surface area contributed by atoms with Gasteiger partial charge >= 0.3 is 0 Å². The normalized spacial score (nSPS) is 12.0. The molecule has 0 aromatic heterocycles. The maximum atomic E-state index is 12.6. The molecule has 74 valence electrons. The number of ether oxygens (including phenoxy) is 2. The average Bonchev–Trinajstić information content (AvgIpc) is 1.98. The number of hydrogen-bond acceptors (Lipinski definition) is 3. The Balaban J connectivity index is 3.33. The van der Waals surface area contributed by atoms with Crippen molar-refractivity contribution in [2.45, 2.75) is 5.92 Å². The summed E-state index contributed by atoms with van der Waals surface area (Å²) in [4.78, 5) is 0. The van der Waals surface area contributed by atoms with Crippen LogP contribution in [0, 0.1) is 0 Å². The van der Waals surface area contributed by atoms with E-state index in [0.717, 1.165) is 0 Å². The van der Waals surface area contributed by atoms with Crippen molar-refractivity contribution in [1.82, 2.24) is 5.32 Å². The van der Waals surface area contributed by atoms with E-state index >= 15 is 0 Å². The van der Waals surface area contributed by atoms with E-state index in [0.29, 0.717) is 6.61 Å². The summed E-state index contributed by atoms with van der Waals surface area (Å²) in [5.41, 5.74) is 0. The molecule has 3 nitrogen and oxygen atoms in total. The Hall–Kier alpha value is -0.260. The lowest BCUT2D eigenvalue weighted by molar-refractivity contribution is -0.0801. The zero-order valence-corrected chi connectivity index (χ0v) is 7.40. The van der Waals surface area contributed by atoms with Gasteiger partial charge in [0.1, 0.15) is 6.61 Å². The summed E-state index contributed by atoms with van der Waals surface area (Å²) in [6.07, 6.45) is 0. The molecule has 0 bridgehead atoms. The second kappa shape index (κ2) is 6.28. The fourth-order valence-corrected chi connectivity index (χ4v) is 0.673. The lowest BCUT2D eigenvalue weighted by atomic mass is 10.3. The van der Waals surface area contributed by atoms with Crippen LogP contribution in [0.1, 0.15) is 0 Å². The number of halogens is 2. The third-order valence-corrected chi connectivity index (χ3v) is 1.18. The molecule has 12 heavy (non-hydrogen) atoms. The first-order valence-electron chi connectivity index (χ1n) is 3.71. The molecule has 0 saturated carbocycles. The quantitative estimate of drug-likeness (QED) is 0.583. The molecule has 0 atom stereocenters. The molecule has 0 aromatic carbocycles. The van der Waals surface area contributed by atoms with E-state index in [1.807, 2.05) is 0 Å². The van der Waals surface area contributed by atoms with E-state index in [4.69, 9.17) is 0 Å². The van der Waals surface area contributed by atoms with Crippen molar-refractivity contribution >= 4 is 0 Å². The Morgan fingerprint density at radius 3 is 2.50 bits per heavy atom. The van der Waals surface area contributed by atoms with Gasteiger partial charge in [0.15, 0.2) is 0 Å². The van der Waals surface area contributed by atoms with Gasteiger partial charge in [0.25, 0.3) is 5.92 Å². The molecule has 0 radical (unpaired) electrons. The summed E-state index contributed by atoms with van der Waals surface area (Å²) in [6, 6.07) is 0. The predicted octanol–water partition coefficient (Wildman–Crippen LogP) is 0.504. The van der Waals surface area contributed by atoms with Crippen LogP contribution in [0.5, 0.6) is 0 Å². The molecule has 0 aromatic rings. The zero-order valence-electron chi connectivity index (χ0n) is 7.40. The fraction of sp³-hybridized carbons (Fsp3) is 1.00. The molecule has 5 heteroatoms. The fourth-order valence-electron chi connectivity index (χ4n) is 0.673. The molecule has 0 unspecified atom stereocenters. The van der Waals surface area contributed by atoms with E-state index in [-0.39, 0.29) is 13.2 Å². The molecular weight excluding hydrogens is 168 g/mol. The van der Waals surface area contributed by atoms with E-state index < -0.39 is 12.5 Å². The Labute approximate surface area is 71.0 Å². The minimum Gasteiger partial charge on any atom is -0.382 e. The largest absolute Gasteiger partial charge is 0.382 e. The smallest absolute Gasteiger partial charge is 0.283 e. The summed E-state index contributed by atoms with van der Waals surface area (Å²) in [5, 5.41) is 2.39. The summed E-state index contributed by atoms with van der Waals surface area (Å²) in [5.74, 6) is -2.79. The second-order valence-electron chi connectivity index (χ2n) is 2.43. The van der Waals surface area contributed by atoms with Crippen LogP contribution in [0.15, 0.2) is 0 Å². The molecule has 0 spiro atoms. The highest BCUT2D eigenvalue weighted by Gasteiger charge is 2.27. The lowest BCUT2D eigenvalue weighted by Gasteiger charge is -2.15. The second-order valence-corrected chi connectivity index (χ2v) is 2.43. The molecule has 0 amide bonds. The summed E-state index contributed by atoms with van der Waals surface area (Å²) in [6.45, 7) is -0.372. The number of hydrogen-bond donors (Lipinski definition) is 1. The van der Waals surface area contributed by atoms with E-state index in [1.54, 1.807) is 0 Å². The van der Waals surface area contributed by atoms with Crippen LogP contribution in [0.3, 0.4) is 0 Å². The maximum Gasteiger partial charge on any atom is 0.283 e. The molecular formula is C7H15F2NO2. The van der Waals surface area contributed by atoms with Gasteiger partial charge in [0.2, 0.25) is 0 Å². The van der Waals surface area contributed by atoms with E-state index in [2.05, 4.69) is 14.8 Å². The number of nitrogens with one attached hydrogen (secondary N) is 1. The molecule has 0 heterocycles. The molecule has 0 aliphatic rings. The van der Waals surface area contributed by atoms with Crippen molar-refractivity contribution in [2.24, 2.45) is 0 Å². The van der Waals surface area contributed by atoms with E-state index in [1.165, 1.54) is 14.2 Å². The predicted molar refractivity (Wildman–Crippen MR) is 41.6 cm³/mol. The minimum atomic E-state index is -2.79. The van der Waals surface area contributed by atoms with Gasteiger partial charge in [-0.2, -0.15) is 0 Å². The SMILES string of the molecule is CNCC(F)(F)COCCOC. The average molecular weight is 183 g/mol. The molecule has 0 fully saturated rings. The summed E-state index contributed by atoms with van der Waals surface area (Å²) < 4.78 is 34.6. The molecule has 1 N–H and O–H groups in total. The van der Waals surface area contributed by atoms with Gasteiger partial charge in [-0.1, -0.05) is 0 Å². The van der Waals surface area contributed by atoms with Crippen molar-refractivity contribution in [3.8, 4) is 0 Å². The molecule has 0 aliphatic heterocycles. The standard InChI is InChI=1S/C7H15F2NO2/c1-10-5-7(8,9)6-12-4-3-11-2/h10H,3-6H2,1-2H3. The Kier molecular flexibility index (Phi) is 6.14. The third-order valence-electron chi connectivity index (χ3n) is 1.18. The van der Waals surface area contributed by atoms with Crippen molar-refractivity contribution in [2.75, 3.05) is 40.5 Å². The first-order valence-corrected chi connectivity index (χ1v) is 3.71. The topological polar surface area (TPSA) is 30.5 Å². The van der Waals surface area contributed by atoms with Gasteiger partial charge in [-0.05, 0) is 7.05 Å². The molecule has 0 aliphatic carbocycles. The van der Waals surface area contributed by atoms with Crippen molar-refractivity contribution < 1.29 is 18.3 Å². The highest BCUT2D eigenvalue weighted by Crippen LogP contribution is 2.11. The zero-order chi connectivity index (χ0) is 9.45.